The minimum absolute atomic E-state index is 0. The molecule has 0 aromatic heterocycles. The van der Waals surface area contributed by atoms with Crippen molar-refractivity contribution in [2.45, 2.75) is 50.9 Å². The second-order valence-electron chi connectivity index (χ2n) is 8.76. The van der Waals surface area contributed by atoms with Crippen LogP contribution in [0.2, 0.25) is 0 Å². The maximum atomic E-state index is 3.57. The van der Waals surface area contributed by atoms with E-state index in [1.165, 1.54) is 59.9 Å². The van der Waals surface area contributed by atoms with Crippen LogP contribution in [-0.4, -0.2) is 0 Å². The van der Waals surface area contributed by atoms with Gasteiger partial charge in [-0.2, -0.15) is 24.3 Å². The Morgan fingerprint density at radius 3 is 2.39 bits per heavy atom. The zero-order valence-electron chi connectivity index (χ0n) is 19.0. The Morgan fingerprint density at radius 1 is 0.839 bits per heavy atom. The number of aryl methyl sites for hydroxylation is 2. The summed E-state index contributed by atoms with van der Waals surface area (Å²) in [6.07, 6.45) is 8.73. The summed E-state index contributed by atoms with van der Waals surface area (Å²) in [4.78, 5) is 0. The van der Waals surface area contributed by atoms with Gasteiger partial charge in [0.1, 0.15) is 0 Å². The van der Waals surface area contributed by atoms with Crippen LogP contribution in [0.4, 0.5) is 0 Å². The van der Waals surface area contributed by atoms with Gasteiger partial charge < -0.3 is 14.9 Å². The second kappa shape index (κ2) is 9.41. The quantitative estimate of drug-likeness (QED) is 0.222. The van der Waals surface area contributed by atoms with E-state index in [0.29, 0.717) is 11.8 Å². The van der Waals surface area contributed by atoms with E-state index in [0.717, 1.165) is 0 Å². The van der Waals surface area contributed by atoms with E-state index < -0.39 is 0 Å². The summed E-state index contributed by atoms with van der Waals surface area (Å²) in [5, 5.41) is 0. The first-order valence-electron chi connectivity index (χ1n) is 10.7. The third-order valence-corrected chi connectivity index (χ3v) is 7.21. The smallest absolute Gasteiger partial charge is 0.00550 e. The Kier molecular flexibility index (Phi) is 7.26. The van der Waals surface area contributed by atoms with Crippen LogP contribution in [0.3, 0.4) is 0 Å². The third-order valence-electron chi connectivity index (χ3n) is 7.21. The van der Waals surface area contributed by atoms with Gasteiger partial charge in [-0.15, -0.1) is 11.1 Å². The van der Waals surface area contributed by atoms with Crippen LogP contribution in [0.1, 0.15) is 71.4 Å². The number of allylic oxidation sites excluding steroid dienone is 1. The molecule has 3 aromatic carbocycles. The van der Waals surface area contributed by atoms with E-state index in [4.69, 9.17) is 0 Å². The van der Waals surface area contributed by atoms with Crippen LogP contribution < -0.4 is 0 Å². The van der Waals surface area contributed by atoms with Crippen LogP contribution >= 0.6 is 0 Å². The zero-order chi connectivity index (χ0) is 18.7. The van der Waals surface area contributed by atoms with E-state index in [1.807, 2.05) is 0 Å². The van der Waals surface area contributed by atoms with Crippen molar-refractivity contribution in [3.63, 3.8) is 0 Å². The molecule has 1 heteroatoms. The van der Waals surface area contributed by atoms with E-state index in [2.05, 4.69) is 73.7 Å². The van der Waals surface area contributed by atoms with E-state index in [9.17, 15) is 0 Å². The summed E-state index contributed by atoms with van der Waals surface area (Å²) in [5.41, 5.74) is 13.5. The fourth-order valence-corrected chi connectivity index (χ4v) is 5.87. The molecular weight excluding hydrogens is 539 g/mol. The van der Waals surface area contributed by atoms with Crippen molar-refractivity contribution >= 4 is 6.08 Å². The summed E-state index contributed by atoms with van der Waals surface area (Å²) in [7, 11) is 0. The Hall–Kier alpha value is -1.73. The van der Waals surface area contributed by atoms with Crippen molar-refractivity contribution in [2.75, 3.05) is 0 Å². The maximum absolute atomic E-state index is 3.57. The van der Waals surface area contributed by atoms with Gasteiger partial charge in [0.15, 0.2) is 0 Å². The Morgan fingerprint density at radius 2 is 1.55 bits per heavy atom. The van der Waals surface area contributed by atoms with Gasteiger partial charge in [-0.05, 0) is 72.8 Å². The minimum atomic E-state index is 0. The van der Waals surface area contributed by atoms with Gasteiger partial charge in [0.2, 0.25) is 0 Å². The third kappa shape index (κ3) is 3.84. The molecule has 0 aliphatic heterocycles. The monoisotopic (exact) mass is 571 g/mol. The molecule has 0 bridgehead atoms. The summed E-state index contributed by atoms with van der Waals surface area (Å²) in [5.74, 6) is 1.07. The molecule has 0 fully saturated rings. The number of fused-ring (bicyclic) bond motifs is 5. The van der Waals surface area contributed by atoms with Crippen molar-refractivity contribution in [1.82, 2.24) is 0 Å². The molecule has 0 nitrogen and oxygen atoms in total. The first-order valence-corrected chi connectivity index (χ1v) is 10.7. The molecule has 0 radical (unpaired) electrons. The Bertz CT molecular complexity index is 1080. The number of hydrogen-bond acceptors (Lipinski definition) is 0. The normalized spacial score (nSPS) is 19.1. The van der Waals surface area contributed by atoms with Crippen molar-refractivity contribution in [3.8, 4) is 11.1 Å². The minimum Gasteiger partial charge on any atom is -0.358 e. The fraction of sp³-hybridized carbons (Fsp3) is 0.267. The number of rotatable bonds is 3. The van der Waals surface area contributed by atoms with Gasteiger partial charge in [-0.25, -0.2) is 0 Å². The molecule has 158 valence electrons. The largest absolute Gasteiger partial charge is 0.358 e. The van der Waals surface area contributed by atoms with Crippen LogP contribution in [0.15, 0.2) is 60.2 Å². The predicted octanol–water partition coefficient (Wildman–Crippen LogP) is 7.97. The van der Waals surface area contributed by atoms with Crippen LogP contribution in [0.25, 0.3) is 17.2 Å². The van der Waals surface area contributed by atoms with Gasteiger partial charge in [0.05, 0.1) is 0 Å². The summed E-state index contributed by atoms with van der Waals surface area (Å²) in [6, 6.07) is 24.0. The SMILES string of the molecule is CC1=Cc2cc3c(cc2C1CCC1c2[c-]cccc2-c2ccccc21)CCC3.[CH3-].[CH3-].[Hf]. The van der Waals surface area contributed by atoms with Crippen molar-refractivity contribution in [2.24, 2.45) is 0 Å². The van der Waals surface area contributed by atoms with E-state index >= 15 is 0 Å². The molecule has 0 amide bonds. The first kappa shape index (κ1) is 23.9. The van der Waals surface area contributed by atoms with Gasteiger partial charge in [0.25, 0.3) is 0 Å². The molecule has 0 saturated carbocycles. The van der Waals surface area contributed by atoms with Crippen LogP contribution in [0.5, 0.6) is 0 Å². The number of benzene rings is 3. The van der Waals surface area contributed by atoms with Gasteiger partial charge in [-0.3, -0.25) is 0 Å². The molecular formula is C30H31Hf-3. The van der Waals surface area contributed by atoms with Crippen molar-refractivity contribution in [1.29, 1.82) is 0 Å². The van der Waals surface area contributed by atoms with E-state index in [1.54, 1.807) is 22.3 Å². The predicted molar refractivity (Wildman–Crippen MR) is 129 cm³/mol. The molecule has 3 aliphatic carbocycles. The topological polar surface area (TPSA) is 0 Å². The Labute approximate surface area is 207 Å². The van der Waals surface area contributed by atoms with Gasteiger partial charge in [-0.1, -0.05) is 53.6 Å². The van der Waals surface area contributed by atoms with Gasteiger partial charge >= 0.3 is 0 Å². The van der Waals surface area contributed by atoms with E-state index in [-0.39, 0.29) is 40.7 Å². The van der Waals surface area contributed by atoms with Crippen molar-refractivity contribution < 1.29 is 25.8 Å². The summed E-state index contributed by atoms with van der Waals surface area (Å²) >= 11 is 0. The summed E-state index contributed by atoms with van der Waals surface area (Å²) in [6.45, 7) is 2.33. The summed E-state index contributed by atoms with van der Waals surface area (Å²) < 4.78 is 0. The average molecular weight is 570 g/mol. The molecule has 0 spiro atoms. The van der Waals surface area contributed by atoms with Crippen LogP contribution in [0, 0.1) is 20.9 Å². The second-order valence-corrected chi connectivity index (χ2v) is 8.76. The Balaban J connectivity index is 0.000000907. The molecule has 2 atom stereocenters. The molecule has 3 aromatic rings. The maximum Gasteiger partial charge on any atom is 0.00550 e. The molecule has 0 heterocycles. The number of hydrogen-bond donors (Lipinski definition) is 0. The molecule has 31 heavy (non-hydrogen) atoms. The van der Waals surface area contributed by atoms with Crippen LogP contribution in [-0.2, 0) is 38.7 Å². The molecule has 0 N–H and O–H groups in total. The van der Waals surface area contributed by atoms with Gasteiger partial charge in [0, 0.05) is 31.8 Å². The fourth-order valence-electron chi connectivity index (χ4n) is 5.87. The molecule has 6 rings (SSSR count). The standard InChI is InChI=1S/C28H25.2CH3.Hf/c1-18-15-21-16-19-7-6-8-20(19)17-28(21)22(18)13-14-27-25-11-4-2-9-23(25)24-10-3-5-12-26(24)27;;;/h2-5,9-11,15-17,22,27H,6-8,13-14H2,1H3;2*1H3;/q3*-1;. The zero-order valence-corrected chi connectivity index (χ0v) is 22.6. The molecule has 2 unspecified atom stereocenters. The average Bonchev–Trinajstić information content (AvgIpc) is 3.38. The van der Waals surface area contributed by atoms with Crippen molar-refractivity contribution in [3.05, 3.63) is 114 Å². The molecule has 0 saturated heterocycles. The first-order chi connectivity index (χ1) is 13.8. The molecule has 3 aliphatic rings.